The number of hydrogen-bond donors (Lipinski definition) is 1. The van der Waals surface area contributed by atoms with E-state index in [4.69, 9.17) is 6.57 Å². The molecule has 1 aromatic rings. The normalized spacial score (nSPS) is 15.9. The van der Waals surface area contributed by atoms with Crippen LogP contribution in [-0.4, -0.2) is 26.2 Å². The summed E-state index contributed by atoms with van der Waals surface area (Å²) in [6, 6.07) is 4.93. The molecule has 2 rings (SSSR count). The molecule has 1 fully saturated rings. The summed E-state index contributed by atoms with van der Waals surface area (Å²) in [5, 5.41) is 3.23. The van der Waals surface area contributed by atoms with Crippen molar-refractivity contribution in [1.82, 2.24) is 5.32 Å². The fourth-order valence-corrected chi connectivity index (χ4v) is 1.90. The van der Waals surface area contributed by atoms with Crippen molar-refractivity contribution in [2.45, 2.75) is 6.54 Å². The van der Waals surface area contributed by atoms with Gasteiger partial charge in [-0.3, -0.25) is 0 Å². The SMILES string of the molecule is [C-]#[N+]Cc1ccc(F)c(N2CCNCC2)c1. The zero-order valence-electron chi connectivity index (χ0n) is 9.04. The predicted molar refractivity (Wildman–Crippen MR) is 61.8 cm³/mol. The minimum atomic E-state index is -0.198. The first-order chi connectivity index (χ1) is 7.81. The quantitative estimate of drug-likeness (QED) is 0.763. The van der Waals surface area contributed by atoms with Crippen LogP contribution in [0.2, 0.25) is 0 Å². The Labute approximate surface area is 94.7 Å². The summed E-state index contributed by atoms with van der Waals surface area (Å²) in [5.74, 6) is -0.198. The van der Waals surface area contributed by atoms with E-state index in [2.05, 4.69) is 10.2 Å². The molecule has 4 heteroatoms. The summed E-state index contributed by atoms with van der Waals surface area (Å²) in [5.41, 5.74) is 1.51. The molecule has 16 heavy (non-hydrogen) atoms. The van der Waals surface area contributed by atoms with Gasteiger partial charge in [0.25, 0.3) is 0 Å². The van der Waals surface area contributed by atoms with Crippen LogP contribution in [0.5, 0.6) is 0 Å². The molecular weight excluding hydrogens is 205 g/mol. The number of anilines is 1. The molecule has 1 N–H and O–H groups in total. The van der Waals surface area contributed by atoms with Gasteiger partial charge < -0.3 is 15.1 Å². The Bertz CT molecular complexity index is 405. The van der Waals surface area contributed by atoms with Crippen molar-refractivity contribution < 1.29 is 4.39 Å². The number of benzene rings is 1. The van der Waals surface area contributed by atoms with Gasteiger partial charge >= 0.3 is 0 Å². The summed E-state index contributed by atoms with van der Waals surface area (Å²) >= 11 is 0. The van der Waals surface area contributed by atoms with E-state index in [-0.39, 0.29) is 5.82 Å². The minimum absolute atomic E-state index is 0.198. The third-order valence-electron chi connectivity index (χ3n) is 2.73. The highest BCUT2D eigenvalue weighted by Gasteiger charge is 2.15. The van der Waals surface area contributed by atoms with Crippen molar-refractivity contribution >= 4 is 5.69 Å². The van der Waals surface area contributed by atoms with Crippen molar-refractivity contribution in [2.75, 3.05) is 31.1 Å². The van der Waals surface area contributed by atoms with E-state index >= 15 is 0 Å². The van der Waals surface area contributed by atoms with E-state index in [1.165, 1.54) is 6.07 Å². The van der Waals surface area contributed by atoms with Crippen LogP contribution in [0.4, 0.5) is 10.1 Å². The Morgan fingerprint density at radius 1 is 1.38 bits per heavy atom. The molecule has 0 spiro atoms. The Balaban J connectivity index is 2.24. The van der Waals surface area contributed by atoms with Gasteiger partial charge in [0.2, 0.25) is 6.54 Å². The van der Waals surface area contributed by atoms with Crippen LogP contribution in [0, 0.1) is 12.4 Å². The first-order valence-electron chi connectivity index (χ1n) is 5.38. The number of halogens is 1. The van der Waals surface area contributed by atoms with Crippen LogP contribution < -0.4 is 10.2 Å². The molecule has 1 heterocycles. The Kier molecular flexibility index (Phi) is 3.37. The van der Waals surface area contributed by atoms with Crippen LogP contribution in [0.25, 0.3) is 4.85 Å². The number of piperazine rings is 1. The molecule has 1 aliphatic rings. The maximum atomic E-state index is 13.7. The molecule has 1 aliphatic heterocycles. The monoisotopic (exact) mass is 219 g/mol. The van der Waals surface area contributed by atoms with Crippen LogP contribution in [-0.2, 0) is 6.54 Å². The van der Waals surface area contributed by atoms with Crippen molar-refractivity contribution in [2.24, 2.45) is 0 Å². The fraction of sp³-hybridized carbons (Fsp3) is 0.417. The third kappa shape index (κ3) is 2.31. The van der Waals surface area contributed by atoms with Gasteiger partial charge in [-0.05, 0) is 18.2 Å². The molecule has 0 radical (unpaired) electrons. The van der Waals surface area contributed by atoms with Crippen molar-refractivity contribution in [1.29, 1.82) is 0 Å². The molecule has 0 aromatic heterocycles. The van der Waals surface area contributed by atoms with E-state index in [1.54, 1.807) is 12.1 Å². The zero-order valence-corrected chi connectivity index (χ0v) is 9.04. The molecule has 0 atom stereocenters. The molecule has 0 amide bonds. The summed E-state index contributed by atoms with van der Waals surface area (Å²) < 4.78 is 13.7. The molecule has 0 unspecified atom stereocenters. The number of nitrogens with one attached hydrogen (secondary N) is 1. The summed E-state index contributed by atoms with van der Waals surface area (Å²) in [4.78, 5) is 5.35. The van der Waals surface area contributed by atoms with Gasteiger partial charge in [-0.2, -0.15) is 0 Å². The second kappa shape index (κ2) is 4.95. The van der Waals surface area contributed by atoms with Crippen molar-refractivity contribution in [3.05, 3.63) is 41.0 Å². The fourth-order valence-electron chi connectivity index (χ4n) is 1.90. The Hall–Kier alpha value is -1.60. The van der Waals surface area contributed by atoms with Crippen molar-refractivity contribution in [3.63, 3.8) is 0 Å². The second-order valence-corrected chi connectivity index (χ2v) is 3.84. The lowest BCUT2D eigenvalue weighted by Crippen LogP contribution is -2.43. The number of hydrogen-bond acceptors (Lipinski definition) is 2. The Morgan fingerprint density at radius 3 is 2.81 bits per heavy atom. The molecule has 1 saturated heterocycles. The van der Waals surface area contributed by atoms with Gasteiger partial charge in [0.15, 0.2) is 0 Å². The molecule has 1 aromatic carbocycles. The second-order valence-electron chi connectivity index (χ2n) is 3.84. The van der Waals surface area contributed by atoms with E-state index in [1.807, 2.05) is 4.90 Å². The van der Waals surface area contributed by atoms with Gasteiger partial charge in [-0.1, -0.05) is 0 Å². The summed E-state index contributed by atoms with van der Waals surface area (Å²) in [7, 11) is 0. The predicted octanol–water partition coefficient (Wildman–Crippen LogP) is 1.65. The minimum Gasteiger partial charge on any atom is -0.367 e. The van der Waals surface area contributed by atoms with Crippen LogP contribution >= 0.6 is 0 Å². The number of rotatable bonds is 2. The van der Waals surface area contributed by atoms with E-state index < -0.39 is 0 Å². The standard InChI is InChI=1S/C12H14FN3/c1-14-9-10-2-3-11(13)12(8-10)16-6-4-15-5-7-16/h2-3,8,15H,4-7,9H2. The summed E-state index contributed by atoms with van der Waals surface area (Å²) in [6.45, 7) is 10.5. The molecule has 3 nitrogen and oxygen atoms in total. The third-order valence-corrected chi connectivity index (χ3v) is 2.73. The van der Waals surface area contributed by atoms with Crippen LogP contribution in [0.3, 0.4) is 0 Å². The molecule has 0 aliphatic carbocycles. The van der Waals surface area contributed by atoms with Gasteiger partial charge in [0.05, 0.1) is 5.69 Å². The van der Waals surface area contributed by atoms with E-state index in [0.717, 1.165) is 31.7 Å². The maximum Gasteiger partial charge on any atom is 0.239 e. The highest BCUT2D eigenvalue weighted by Crippen LogP contribution is 2.21. The smallest absolute Gasteiger partial charge is 0.239 e. The van der Waals surface area contributed by atoms with Crippen molar-refractivity contribution in [3.8, 4) is 0 Å². The molecule has 0 bridgehead atoms. The van der Waals surface area contributed by atoms with Gasteiger partial charge in [0.1, 0.15) is 5.82 Å². The van der Waals surface area contributed by atoms with Crippen LogP contribution in [0.1, 0.15) is 5.56 Å². The molecular formula is C12H14FN3. The van der Waals surface area contributed by atoms with Gasteiger partial charge in [-0.15, -0.1) is 0 Å². The topological polar surface area (TPSA) is 19.6 Å². The average molecular weight is 219 g/mol. The van der Waals surface area contributed by atoms with E-state index in [9.17, 15) is 4.39 Å². The highest BCUT2D eigenvalue weighted by atomic mass is 19.1. The molecule has 0 saturated carbocycles. The summed E-state index contributed by atoms with van der Waals surface area (Å²) in [6.07, 6.45) is 0. The lowest BCUT2D eigenvalue weighted by Gasteiger charge is -2.29. The number of nitrogens with zero attached hydrogens (tertiary/aromatic N) is 2. The first kappa shape index (κ1) is 10.9. The highest BCUT2D eigenvalue weighted by molar-refractivity contribution is 5.50. The maximum absolute atomic E-state index is 13.7. The Morgan fingerprint density at radius 2 is 2.12 bits per heavy atom. The largest absolute Gasteiger partial charge is 0.367 e. The zero-order chi connectivity index (χ0) is 11.4. The first-order valence-corrected chi connectivity index (χ1v) is 5.38. The van der Waals surface area contributed by atoms with E-state index in [0.29, 0.717) is 12.2 Å². The van der Waals surface area contributed by atoms with Gasteiger partial charge in [-0.25, -0.2) is 11.0 Å². The lowest BCUT2D eigenvalue weighted by molar-refractivity contribution is 0.566. The molecule has 84 valence electrons. The van der Waals surface area contributed by atoms with Gasteiger partial charge in [0, 0.05) is 31.7 Å². The van der Waals surface area contributed by atoms with Crippen LogP contribution in [0.15, 0.2) is 18.2 Å². The lowest BCUT2D eigenvalue weighted by atomic mass is 10.1. The average Bonchev–Trinajstić information content (AvgIpc) is 2.33.